The maximum atomic E-state index is 13.0. The summed E-state index contributed by atoms with van der Waals surface area (Å²) in [7, 11) is -3.53. The van der Waals surface area contributed by atoms with Gasteiger partial charge in [-0.25, -0.2) is 8.42 Å². The van der Waals surface area contributed by atoms with Gasteiger partial charge in [0.15, 0.2) is 0 Å². The molecule has 1 saturated carbocycles. The first kappa shape index (κ1) is 22.4. The van der Waals surface area contributed by atoms with Crippen molar-refractivity contribution in [1.29, 1.82) is 5.26 Å². The van der Waals surface area contributed by atoms with E-state index in [0.29, 0.717) is 31.7 Å². The molecule has 2 fully saturated rings. The van der Waals surface area contributed by atoms with E-state index in [1.165, 1.54) is 61.2 Å². The second-order valence-corrected chi connectivity index (χ2v) is 11.4. The van der Waals surface area contributed by atoms with Crippen LogP contribution in [0.4, 0.5) is 5.69 Å². The molecule has 5 rings (SSSR count). The highest BCUT2D eigenvalue weighted by atomic mass is 32.2. The minimum absolute atomic E-state index is 0.256. The Morgan fingerprint density at radius 3 is 2.15 bits per heavy atom. The van der Waals surface area contributed by atoms with Crippen LogP contribution in [-0.4, -0.2) is 62.9 Å². The molecule has 6 nitrogen and oxygen atoms in total. The molecule has 2 aliphatic heterocycles. The smallest absolute Gasteiger partial charge is 0.243 e. The number of fused-ring (bicyclic) bond motifs is 1. The Labute approximate surface area is 197 Å². The van der Waals surface area contributed by atoms with Crippen LogP contribution >= 0.6 is 0 Å². The third kappa shape index (κ3) is 4.65. The van der Waals surface area contributed by atoms with Crippen molar-refractivity contribution in [3.63, 3.8) is 0 Å². The van der Waals surface area contributed by atoms with Gasteiger partial charge < -0.3 is 4.90 Å². The van der Waals surface area contributed by atoms with E-state index in [1.807, 2.05) is 6.07 Å². The van der Waals surface area contributed by atoms with Crippen LogP contribution in [0.2, 0.25) is 0 Å². The van der Waals surface area contributed by atoms with E-state index >= 15 is 0 Å². The fraction of sp³-hybridized carbons (Fsp3) is 0.500. The molecule has 3 aliphatic rings. The third-order valence-electron chi connectivity index (χ3n) is 7.59. The van der Waals surface area contributed by atoms with Gasteiger partial charge in [0.05, 0.1) is 16.5 Å². The molecule has 0 N–H and O–H groups in total. The minimum Gasteiger partial charge on any atom is -0.369 e. The van der Waals surface area contributed by atoms with Gasteiger partial charge in [-0.1, -0.05) is 18.9 Å². The van der Waals surface area contributed by atoms with Gasteiger partial charge in [0.2, 0.25) is 10.0 Å². The highest BCUT2D eigenvalue weighted by Crippen LogP contribution is 2.29. The van der Waals surface area contributed by atoms with Gasteiger partial charge in [0.25, 0.3) is 0 Å². The van der Waals surface area contributed by atoms with Crippen molar-refractivity contribution >= 4 is 15.7 Å². The van der Waals surface area contributed by atoms with Crippen LogP contribution < -0.4 is 4.90 Å². The van der Waals surface area contributed by atoms with Crippen LogP contribution in [-0.2, 0) is 22.9 Å². The highest BCUT2D eigenvalue weighted by Gasteiger charge is 2.29. The molecular weight excluding hydrogens is 432 g/mol. The van der Waals surface area contributed by atoms with Crippen LogP contribution in [0.15, 0.2) is 47.4 Å². The summed E-state index contributed by atoms with van der Waals surface area (Å²) in [5.74, 6) is 0. The standard InChI is InChI=1S/C26H32N4O2S/c27-20-21-5-9-26(10-6-21)33(31,32)30-17-15-29(16-18-30)25-8-7-22-11-13-28(14-12-23(22)19-25)24-3-1-2-4-24/h5-10,19,24H,1-4,11-18H2. The van der Waals surface area contributed by atoms with Crippen LogP contribution in [0.5, 0.6) is 0 Å². The molecular formula is C26H32N4O2S. The van der Waals surface area contributed by atoms with E-state index in [1.54, 1.807) is 16.4 Å². The van der Waals surface area contributed by atoms with Gasteiger partial charge in [-0.15, -0.1) is 0 Å². The number of hydrogen-bond donors (Lipinski definition) is 0. The highest BCUT2D eigenvalue weighted by molar-refractivity contribution is 7.89. The molecule has 2 aromatic rings. The number of piperazine rings is 1. The number of hydrogen-bond acceptors (Lipinski definition) is 5. The predicted octanol–water partition coefficient (Wildman–Crippen LogP) is 3.41. The number of sulfonamides is 1. The maximum Gasteiger partial charge on any atom is 0.243 e. The summed E-state index contributed by atoms with van der Waals surface area (Å²) in [5.41, 5.74) is 4.61. The zero-order valence-electron chi connectivity index (χ0n) is 19.1. The quantitative estimate of drug-likeness (QED) is 0.694. The maximum absolute atomic E-state index is 13.0. The molecule has 2 heterocycles. The second-order valence-electron chi connectivity index (χ2n) is 9.45. The fourth-order valence-electron chi connectivity index (χ4n) is 5.60. The Balaban J connectivity index is 1.23. The molecule has 0 radical (unpaired) electrons. The molecule has 0 bridgehead atoms. The lowest BCUT2D eigenvalue weighted by Gasteiger charge is -2.35. The van der Waals surface area contributed by atoms with Crippen molar-refractivity contribution in [2.24, 2.45) is 0 Å². The Bertz CT molecular complexity index is 1130. The van der Waals surface area contributed by atoms with Gasteiger partial charge >= 0.3 is 0 Å². The lowest BCUT2D eigenvalue weighted by atomic mass is 10.0. The largest absolute Gasteiger partial charge is 0.369 e. The molecule has 0 amide bonds. The van der Waals surface area contributed by atoms with Gasteiger partial charge in [-0.05, 0) is 73.2 Å². The van der Waals surface area contributed by atoms with Crippen molar-refractivity contribution in [3.05, 3.63) is 59.2 Å². The summed E-state index contributed by atoms with van der Waals surface area (Å²) < 4.78 is 27.6. The van der Waals surface area contributed by atoms with Crippen molar-refractivity contribution < 1.29 is 8.42 Å². The van der Waals surface area contributed by atoms with Gasteiger partial charge in [-0.3, -0.25) is 4.90 Å². The molecule has 0 aromatic heterocycles. The number of nitriles is 1. The summed E-state index contributed by atoms with van der Waals surface area (Å²) in [4.78, 5) is 5.27. The van der Waals surface area contributed by atoms with Crippen LogP contribution in [0.1, 0.15) is 42.4 Å². The lowest BCUT2D eigenvalue weighted by molar-refractivity contribution is 0.208. The monoisotopic (exact) mass is 464 g/mol. The molecule has 0 atom stereocenters. The fourth-order valence-corrected chi connectivity index (χ4v) is 7.02. The number of rotatable bonds is 4. The second kappa shape index (κ2) is 9.46. The summed E-state index contributed by atoms with van der Waals surface area (Å²) >= 11 is 0. The molecule has 1 aliphatic carbocycles. The zero-order chi connectivity index (χ0) is 22.8. The van der Waals surface area contributed by atoms with Crippen molar-refractivity contribution in [3.8, 4) is 6.07 Å². The first-order chi connectivity index (χ1) is 16.0. The summed E-state index contributed by atoms with van der Waals surface area (Å²) in [6.45, 7) is 4.62. The zero-order valence-corrected chi connectivity index (χ0v) is 19.9. The van der Waals surface area contributed by atoms with E-state index in [-0.39, 0.29) is 4.90 Å². The molecule has 7 heteroatoms. The Hall–Kier alpha value is -2.40. The average molecular weight is 465 g/mol. The first-order valence-corrected chi connectivity index (χ1v) is 13.6. The van der Waals surface area contributed by atoms with Crippen LogP contribution in [0.25, 0.3) is 0 Å². The minimum atomic E-state index is -3.53. The topological polar surface area (TPSA) is 67.6 Å². The Morgan fingerprint density at radius 1 is 0.818 bits per heavy atom. The van der Waals surface area contributed by atoms with E-state index in [2.05, 4.69) is 28.0 Å². The molecule has 0 spiro atoms. The molecule has 2 aromatic carbocycles. The number of anilines is 1. The first-order valence-electron chi connectivity index (χ1n) is 12.2. The Morgan fingerprint density at radius 2 is 1.48 bits per heavy atom. The third-order valence-corrected chi connectivity index (χ3v) is 9.51. The molecule has 1 saturated heterocycles. The average Bonchev–Trinajstić information content (AvgIpc) is 3.31. The number of nitrogens with zero attached hydrogens (tertiary/aromatic N) is 4. The van der Waals surface area contributed by atoms with E-state index in [4.69, 9.17) is 5.26 Å². The van der Waals surface area contributed by atoms with E-state index in [9.17, 15) is 8.42 Å². The van der Waals surface area contributed by atoms with Crippen molar-refractivity contribution in [2.75, 3.05) is 44.2 Å². The predicted molar refractivity (Wildman–Crippen MR) is 130 cm³/mol. The van der Waals surface area contributed by atoms with E-state index in [0.717, 1.165) is 25.4 Å². The van der Waals surface area contributed by atoms with Gasteiger partial charge in [0, 0.05) is 51.0 Å². The SMILES string of the molecule is N#Cc1ccc(S(=O)(=O)N2CCN(c3ccc4c(c3)CCN(C3CCCC3)CC4)CC2)cc1. The molecule has 174 valence electrons. The van der Waals surface area contributed by atoms with Gasteiger partial charge in [0.1, 0.15) is 0 Å². The summed E-state index contributed by atoms with van der Waals surface area (Å²) in [6, 6.07) is 15.9. The van der Waals surface area contributed by atoms with E-state index < -0.39 is 10.0 Å². The van der Waals surface area contributed by atoms with Crippen LogP contribution in [0.3, 0.4) is 0 Å². The van der Waals surface area contributed by atoms with Crippen molar-refractivity contribution in [2.45, 2.75) is 49.5 Å². The lowest BCUT2D eigenvalue weighted by Crippen LogP contribution is -2.48. The Kier molecular flexibility index (Phi) is 6.42. The normalized spacial score (nSPS) is 20.9. The summed E-state index contributed by atoms with van der Waals surface area (Å²) in [5, 5.41) is 8.95. The molecule has 0 unspecified atom stereocenters. The number of benzene rings is 2. The van der Waals surface area contributed by atoms with Gasteiger partial charge in [-0.2, -0.15) is 9.57 Å². The van der Waals surface area contributed by atoms with Crippen molar-refractivity contribution in [1.82, 2.24) is 9.21 Å². The summed E-state index contributed by atoms with van der Waals surface area (Å²) in [6.07, 6.45) is 7.71. The van der Waals surface area contributed by atoms with Crippen LogP contribution in [0, 0.1) is 11.3 Å². The molecule has 33 heavy (non-hydrogen) atoms.